The average molecular weight is 429 g/mol. The van der Waals surface area contributed by atoms with E-state index in [-0.39, 0.29) is 39.9 Å². The van der Waals surface area contributed by atoms with Gasteiger partial charge in [0.05, 0.1) is 9.92 Å². The van der Waals surface area contributed by atoms with Gasteiger partial charge in [-0.25, -0.2) is 12.8 Å². The summed E-state index contributed by atoms with van der Waals surface area (Å²) in [7, 11) is -3.91. The number of carbonyl (C=O) groups is 1. The van der Waals surface area contributed by atoms with Crippen molar-refractivity contribution in [1.29, 1.82) is 0 Å². The molecule has 0 aliphatic rings. The molecule has 2 aromatic carbocycles. The Labute approximate surface area is 169 Å². The molecule has 2 N–H and O–H groups in total. The van der Waals surface area contributed by atoms with Crippen molar-refractivity contribution < 1.29 is 22.3 Å². The van der Waals surface area contributed by atoms with E-state index in [1.165, 1.54) is 30.3 Å². The second kappa shape index (κ2) is 9.75. The van der Waals surface area contributed by atoms with Gasteiger partial charge in [-0.05, 0) is 55.8 Å². The van der Waals surface area contributed by atoms with Crippen LogP contribution in [0.5, 0.6) is 5.75 Å². The predicted molar refractivity (Wildman–Crippen MR) is 107 cm³/mol. The average Bonchev–Trinajstić information content (AvgIpc) is 2.62. The molecule has 0 saturated carbocycles. The fourth-order valence-electron chi connectivity index (χ4n) is 2.46. The van der Waals surface area contributed by atoms with Crippen LogP contribution in [0.3, 0.4) is 0 Å². The zero-order valence-corrected chi connectivity index (χ0v) is 17.1. The molecule has 9 heteroatoms. The molecule has 0 aliphatic carbocycles. The van der Waals surface area contributed by atoms with Crippen molar-refractivity contribution >= 4 is 33.2 Å². The summed E-state index contributed by atoms with van der Waals surface area (Å²) in [5.41, 5.74) is 0.218. The number of halogens is 2. The van der Waals surface area contributed by atoms with Gasteiger partial charge in [0.25, 0.3) is 15.9 Å². The smallest absolute Gasteiger partial charge is 0.261 e. The zero-order valence-electron chi connectivity index (χ0n) is 15.5. The number of amides is 1. The number of anilines is 1. The summed E-state index contributed by atoms with van der Waals surface area (Å²) in [5, 5.41) is 2.85. The van der Waals surface area contributed by atoms with Crippen molar-refractivity contribution in [2.24, 2.45) is 0 Å². The molecule has 0 unspecified atom stereocenters. The minimum atomic E-state index is -3.91. The summed E-state index contributed by atoms with van der Waals surface area (Å²) in [6.07, 6.45) is 1.82. The standard InChI is InChI=1S/C19H22ClFN2O4S/c1-3-4-13(2)22-19(24)12-27-18-10-9-16(11-17(18)20)28(25,26)23-15-7-5-14(21)6-8-15/h5-11,13,23H,3-4,12H2,1-2H3,(H,22,24)/t13-/m1/s1. The Kier molecular flexibility index (Phi) is 7.65. The first kappa shape index (κ1) is 22.0. The van der Waals surface area contributed by atoms with Gasteiger partial charge in [0.15, 0.2) is 6.61 Å². The molecule has 1 amide bonds. The lowest BCUT2D eigenvalue weighted by Gasteiger charge is -2.14. The molecule has 1 atom stereocenters. The second-order valence-electron chi connectivity index (χ2n) is 6.25. The monoisotopic (exact) mass is 428 g/mol. The number of hydrogen-bond acceptors (Lipinski definition) is 4. The van der Waals surface area contributed by atoms with Crippen LogP contribution < -0.4 is 14.8 Å². The van der Waals surface area contributed by atoms with Crippen LogP contribution in [0.25, 0.3) is 0 Å². The van der Waals surface area contributed by atoms with Crippen molar-refractivity contribution in [3.05, 3.63) is 53.3 Å². The molecular weight excluding hydrogens is 407 g/mol. The van der Waals surface area contributed by atoms with E-state index in [4.69, 9.17) is 16.3 Å². The van der Waals surface area contributed by atoms with E-state index < -0.39 is 15.8 Å². The van der Waals surface area contributed by atoms with Crippen molar-refractivity contribution in [1.82, 2.24) is 5.32 Å². The molecule has 28 heavy (non-hydrogen) atoms. The normalized spacial score (nSPS) is 12.3. The lowest BCUT2D eigenvalue weighted by atomic mass is 10.2. The van der Waals surface area contributed by atoms with Gasteiger partial charge in [-0.1, -0.05) is 24.9 Å². The summed E-state index contributed by atoms with van der Waals surface area (Å²) in [6, 6.07) is 8.87. The predicted octanol–water partition coefficient (Wildman–Crippen LogP) is 3.96. The van der Waals surface area contributed by atoms with Gasteiger partial charge in [-0.2, -0.15) is 0 Å². The van der Waals surface area contributed by atoms with E-state index in [0.29, 0.717) is 0 Å². The zero-order chi connectivity index (χ0) is 20.7. The number of hydrogen-bond donors (Lipinski definition) is 2. The number of rotatable bonds is 9. The number of ether oxygens (including phenoxy) is 1. The van der Waals surface area contributed by atoms with Gasteiger partial charge >= 0.3 is 0 Å². The number of benzene rings is 2. The molecule has 0 radical (unpaired) electrons. The fourth-order valence-corrected chi connectivity index (χ4v) is 3.85. The Morgan fingerprint density at radius 2 is 1.89 bits per heavy atom. The Hall–Kier alpha value is -2.32. The van der Waals surface area contributed by atoms with Gasteiger partial charge in [0, 0.05) is 11.7 Å². The summed E-state index contributed by atoms with van der Waals surface area (Å²) >= 11 is 6.10. The Morgan fingerprint density at radius 3 is 2.50 bits per heavy atom. The molecule has 0 fully saturated rings. The lowest BCUT2D eigenvalue weighted by molar-refractivity contribution is -0.123. The highest BCUT2D eigenvalue weighted by Gasteiger charge is 2.17. The third-order valence-electron chi connectivity index (χ3n) is 3.80. The molecular formula is C19H22ClFN2O4S. The molecule has 152 valence electrons. The molecule has 0 aliphatic heterocycles. The van der Waals surface area contributed by atoms with Crippen LogP contribution in [0, 0.1) is 5.82 Å². The van der Waals surface area contributed by atoms with Crippen LogP contribution in [0.4, 0.5) is 10.1 Å². The van der Waals surface area contributed by atoms with Crippen molar-refractivity contribution in [2.75, 3.05) is 11.3 Å². The summed E-state index contributed by atoms with van der Waals surface area (Å²) < 4.78 is 45.5. The quantitative estimate of drug-likeness (QED) is 0.633. The van der Waals surface area contributed by atoms with E-state index in [1.54, 1.807) is 0 Å². The van der Waals surface area contributed by atoms with E-state index in [2.05, 4.69) is 10.0 Å². The maximum atomic E-state index is 12.9. The molecule has 0 heterocycles. The van der Waals surface area contributed by atoms with Crippen LogP contribution >= 0.6 is 11.6 Å². The van der Waals surface area contributed by atoms with Crippen molar-refractivity contribution in [2.45, 2.75) is 37.6 Å². The van der Waals surface area contributed by atoms with Gasteiger partial charge in [0.2, 0.25) is 0 Å². The lowest BCUT2D eigenvalue weighted by Crippen LogP contribution is -2.35. The first-order valence-electron chi connectivity index (χ1n) is 8.71. The highest BCUT2D eigenvalue weighted by molar-refractivity contribution is 7.92. The number of sulfonamides is 1. The third-order valence-corrected chi connectivity index (χ3v) is 5.47. The molecule has 0 spiro atoms. The van der Waals surface area contributed by atoms with Crippen LogP contribution in [0.1, 0.15) is 26.7 Å². The third kappa shape index (κ3) is 6.38. The Bertz CT molecular complexity index is 920. The van der Waals surface area contributed by atoms with Gasteiger partial charge in [-0.15, -0.1) is 0 Å². The molecule has 2 rings (SSSR count). The highest BCUT2D eigenvalue weighted by Crippen LogP contribution is 2.28. The highest BCUT2D eigenvalue weighted by atomic mass is 35.5. The van der Waals surface area contributed by atoms with Crippen LogP contribution in [0.15, 0.2) is 47.4 Å². The Balaban J connectivity index is 2.02. The minimum absolute atomic E-state index is 0.0432. The first-order valence-corrected chi connectivity index (χ1v) is 10.6. The number of nitrogens with one attached hydrogen (secondary N) is 2. The van der Waals surface area contributed by atoms with E-state index in [9.17, 15) is 17.6 Å². The number of carbonyl (C=O) groups excluding carboxylic acids is 1. The van der Waals surface area contributed by atoms with Crippen LogP contribution in [-0.4, -0.2) is 27.0 Å². The van der Waals surface area contributed by atoms with E-state index in [0.717, 1.165) is 25.0 Å². The Morgan fingerprint density at radius 1 is 1.21 bits per heavy atom. The van der Waals surface area contributed by atoms with Crippen molar-refractivity contribution in [3.8, 4) is 5.75 Å². The summed E-state index contributed by atoms with van der Waals surface area (Å²) in [4.78, 5) is 11.8. The van der Waals surface area contributed by atoms with Crippen molar-refractivity contribution in [3.63, 3.8) is 0 Å². The van der Waals surface area contributed by atoms with Crippen LogP contribution in [-0.2, 0) is 14.8 Å². The maximum absolute atomic E-state index is 12.9. The maximum Gasteiger partial charge on any atom is 0.261 e. The minimum Gasteiger partial charge on any atom is -0.482 e. The molecule has 0 aromatic heterocycles. The SMILES string of the molecule is CCC[C@@H](C)NC(=O)COc1ccc(S(=O)(=O)Nc2ccc(F)cc2)cc1Cl. The summed E-state index contributed by atoms with van der Waals surface area (Å²) in [5.74, 6) is -0.562. The molecule has 6 nitrogen and oxygen atoms in total. The largest absolute Gasteiger partial charge is 0.482 e. The summed E-state index contributed by atoms with van der Waals surface area (Å²) in [6.45, 7) is 3.70. The van der Waals surface area contributed by atoms with E-state index in [1.807, 2.05) is 13.8 Å². The molecule has 0 bridgehead atoms. The second-order valence-corrected chi connectivity index (χ2v) is 8.34. The molecule has 0 saturated heterocycles. The first-order chi connectivity index (χ1) is 13.2. The van der Waals surface area contributed by atoms with Gasteiger partial charge in [-0.3, -0.25) is 9.52 Å². The van der Waals surface area contributed by atoms with Gasteiger partial charge < -0.3 is 10.1 Å². The topological polar surface area (TPSA) is 84.5 Å². The van der Waals surface area contributed by atoms with Crippen LogP contribution in [0.2, 0.25) is 5.02 Å². The fraction of sp³-hybridized carbons (Fsp3) is 0.316. The van der Waals surface area contributed by atoms with Gasteiger partial charge in [0.1, 0.15) is 11.6 Å². The van der Waals surface area contributed by atoms with E-state index >= 15 is 0 Å². The molecule has 2 aromatic rings.